The molecule has 0 aromatic heterocycles. The van der Waals surface area contributed by atoms with Gasteiger partial charge in [0.15, 0.2) is 0 Å². The maximum atomic E-state index is 2.50. The van der Waals surface area contributed by atoms with Crippen molar-refractivity contribution >= 4 is 39.2 Å². The molecule has 0 amide bonds. The predicted octanol–water partition coefficient (Wildman–Crippen LogP) is 10.9. The highest BCUT2D eigenvalue weighted by Gasteiger charge is 2.38. The van der Waals surface area contributed by atoms with E-state index in [1.165, 1.54) is 88.1 Å². The molecule has 0 heterocycles. The van der Waals surface area contributed by atoms with Crippen LogP contribution in [-0.4, -0.2) is 6.71 Å². The second-order valence-corrected chi connectivity index (χ2v) is 14.4. The van der Waals surface area contributed by atoms with Crippen molar-refractivity contribution in [3.63, 3.8) is 0 Å². The van der Waals surface area contributed by atoms with Crippen LogP contribution in [0.15, 0.2) is 126 Å². The van der Waals surface area contributed by atoms with Gasteiger partial charge in [0.25, 0.3) is 0 Å². The van der Waals surface area contributed by atoms with Crippen molar-refractivity contribution < 1.29 is 0 Å². The monoisotopic (exact) mass is 606 g/mol. The van der Waals surface area contributed by atoms with Crippen LogP contribution >= 0.6 is 0 Å². The lowest BCUT2D eigenvalue weighted by Crippen LogP contribution is -2.52. The van der Waals surface area contributed by atoms with E-state index in [0.29, 0.717) is 18.4 Å². The van der Waals surface area contributed by atoms with Crippen molar-refractivity contribution in [2.45, 2.75) is 60.2 Å². The predicted molar refractivity (Wildman–Crippen MR) is 206 cm³/mol. The summed E-state index contributed by atoms with van der Waals surface area (Å²) in [6.45, 7) is 14.3. The van der Waals surface area contributed by atoms with Gasteiger partial charge in [-0.05, 0) is 114 Å². The van der Waals surface area contributed by atoms with Gasteiger partial charge in [-0.3, -0.25) is 0 Å². The first-order chi connectivity index (χ1) is 22.8. The average molecular weight is 607 g/mol. The van der Waals surface area contributed by atoms with Crippen LogP contribution in [0, 0.1) is 26.7 Å². The van der Waals surface area contributed by atoms with Gasteiger partial charge in [-0.25, -0.2) is 0 Å². The van der Waals surface area contributed by atoms with Gasteiger partial charge in [0.1, 0.15) is 0 Å². The zero-order valence-corrected chi connectivity index (χ0v) is 28.6. The van der Waals surface area contributed by atoms with Crippen molar-refractivity contribution in [1.82, 2.24) is 0 Å². The molecule has 0 spiro atoms. The molecule has 0 fully saturated rings. The molecule has 0 radical (unpaired) electrons. The van der Waals surface area contributed by atoms with E-state index in [1.807, 2.05) is 0 Å². The van der Waals surface area contributed by atoms with E-state index in [1.54, 1.807) is 5.56 Å². The Kier molecular flexibility index (Phi) is 7.33. The highest BCUT2D eigenvalue weighted by Crippen LogP contribution is 2.42. The molecule has 2 aliphatic carbocycles. The lowest BCUT2D eigenvalue weighted by atomic mass is 9.28. The van der Waals surface area contributed by atoms with Gasteiger partial charge in [0, 0.05) is 0 Å². The van der Waals surface area contributed by atoms with Crippen LogP contribution in [-0.2, 0) is 12.8 Å². The molecule has 0 aliphatic heterocycles. The van der Waals surface area contributed by atoms with Crippen LogP contribution in [0.1, 0.15) is 48.6 Å². The topological polar surface area (TPSA) is 0 Å². The Balaban J connectivity index is 1.35. The second-order valence-electron chi connectivity index (χ2n) is 14.4. The van der Waals surface area contributed by atoms with Crippen LogP contribution in [0.2, 0.25) is 5.82 Å². The molecule has 230 valence electrons. The van der Waals surface area contributed by atoms with Crippen molar-refractivity contribution in [3.8, 4) is 22.3 Å². The quantitative estimate of drug-likeness (QED) is 0.135. The highest BCUT2D eigenvalue weighted by atomic mass is 14.3. The number of hydrogen-bond donors (Lipinski definition) is 0. The summed E-state index contributed by atoms with van der Waals surface area (Å²) in [6.07, 6.45) is 7.10. The molecule has 6 aromatic carbocycles. The summed E-state index contributed by atoms with van der Waals surface area (Å²) in [4.78, 5) is 0. The minimum Gasteiger partial charge on any atom is -0.0788 e. The van der Waals surface area contributed by atoms with Gasteiger partial charge in [-0.15, -0.1) is 0 Å². The molecular formula is C46H43B. The SMILES string of the molecule is CC1=CC(C)C(B(c2ccc3ccc4c(-c5ccc(-c6ccccc6)cc5)ccc5c4c3c2CC5)c2c(C)cc(C)cc2C)C(C)=C1. The molecule has 8 rings (SSSR count). The van der Waals surface area contributed by atoms with Crippen molar-refractivity contribution in [2.75, 3.05) is 0 Å². The molecule has 0 saturated carbocycles. The Hall–Kier alpha value is -4.62. The summed E-state index contributed by atoms with van der Waals surface area (Å²) in [5.74, 6) is 0.882. The van der Waals surface area contributed by atoms with Gasteiger partial charge >= 0.3 is 0 Å². The van der Waals surface area contributed by atoms with E-state index in [-0.39, 0.29) is 0 Å². The lowest BCUT2D eigenvalue weighted by Gasteiger charge is -2.36. The van der Waals surface area contributed by atoms with Gasteiger partial charge in [-0.1, -0.05) is 161 Å². The first kappa shape index (κ1) is 29.8. The summed E-state index contributed by atoms with van der Waals surface area (Å²) in [7, 11) is 0. The number of allylic oxidation sites excluding steroid dienone is 4. The molecule has 0 bridgehead atoms. The largest absolute Gasteiger partial charge is 0.218 e. The first-order valence-electron chi connectivity index (χ1n) is 17.4. The van der Waals surface area contributed by atoms with Gasteiger partial charge in [0.05, 0.1) is 0 Å². The molecular weight excluding hydrogens is 563 g/mol. The smallest absolute Gasteiger partial charge is 0.0788 e. The van der Waals surface area contributed by atoms with Crippen LogP contribution in [0.25, 0.3) is 43.8 Å². The molecule has 1 heteroatoms. The van der Waals surface area contributed by atoms with Crippen LogP contribution < -0.4 is 10.9 Å². The van der Waals surface area contributed by atoms with Crippen molar-refractivity contribution in [3.05, 3.63) is 154 Å². The zero-order valence-electron chi connectivity index (χ0n) is 28.6. The molecule has 2 atom stereocenters. The van der Waals surface area contributed by atoms with Crippen molar-refractivity contribution in [2.24, 2.45) is 5.92 Å². The van der Waals surface area contributed by atoms with Crippen LogP contribution in [0.4, 0.5) is 0 Å². The third-order valence-electron chi connectivity index (χ3n) is 11.2. The molecule has 2 aliphatic rings. The van der Waals surface area contributed by atoms with E-state index < -0.39 is 0 Å². The molecule has 0 nitrogen and oxygen atoms in total. The fourth-order valence-electron chi connectivity index (χ4n) is 9.39. The highest BCUT2D eigenvalue weighted by molar-refractivity contribution is 6.88. The van der Waals surface area contributed by atoms with E-state index in [0.717, 1.165) is 12.8 Å². The van der Waals surface area contributed by atoms with E-state index in [9.17, 15) is 0 Å². The molecule has 6 aromatic rings. The first-order valence-corrected chi connectivity index (χ1v) is 17.4. The van der Waals surface area contributed by atoms with Gasteiger partial charge < -0.3 is 0 Å². The maximum Gasteiger partial charge on any atom is 0.218 e. The van der Waals surface area contributed by atoms with Crippen molar-refractivity contribution in [1.29, 1.82) is 0 Å². The summed E-state index contributed by atoms with van der Waals surface area (Å²) in [6, 6.07) is 39.1. The third kappa shape index (κ3) is 4.99. The summed E-state index contributed by atoms with van der Waals surface area (Å²) in [5.41, 5.74) is 18.3. The number of benzene rings is 6. The Morgan fingerprint density at radius 1 is 0.638 bits per heavy atom. The second kappa shape index (κ2) is 11.6. The third-order valence-corrected chi connectivity index (χ3v) is 11.2. The maximum absolute atomic E-state index is 2.50. The van der Waals surface area contributed by atoms with Gasteiger partial charge in [-0.2, -0.15) is 0 Å². The Morgan fingerprint density at radius 3 is 2.04 bits per heavy atom. The Labute approximate surface area is 281 Å². The average Bonchev–Trinajstić information content (AvgIpc) is 3.06. The molecule has 0 N–H and O–H groups in total. The fraction of sp³-hybridized carbons (Fsp3) is 0.217. The lowest BCUT2D eigenvalue weighted by molar-refractivity contribution is 0.689. The molecule has 2 unspecified atom stereocenters. The standard InChI is InChI=1S/C46H43B/c1-28-24-30(3)45(31(4)25-28)47(46-32(5)26-29(2)27-33(46)6)42-23-19-38-17-21-40-39(20-16-37-18-22-41(42)44(38)43(37)40)36-14-12-35(13-15-36)34-10-8-7-9-11-34/h7-17,19-21,23-27,30,45H,18,22H2,1-6H3. The number of aryl methyl sites for hydroxylation is 5. The summed E-state index contributed by atoms with van der Waals surface area (Å²) in [5, 5.41) is 5.68. The fourth-order valence-corrected chi connectivity index (χ4v) is 9.39. The van der Waals surface area contributed by atoms with Crippen LogP contribution in [0.3, 0.4) is 0 Å². The van der Waals surface area contributed by atoms with E-state index in [2.05, 4.69) is 157 Å². The normalized spacial score (nSPS) is 17.2. The van der Waals surface area contributed by atoms with E-state index in [4.69, 9.17) is 0 Å². The van der Waals surface area contributed by atoms with Gasteiger partial charge in [0.2, 0.25) is 6.71 Å². The molecule has 0 saturated heterocycles. The number of hydrogen-bond acceptors (Lipinski definition) is 0. The van der Waals surface area contributed by atoms with Crippen LogP contribution in [0.5, 0.6) is 0 Å². The summed E-state index contributed by atoms with van der Waals surface area (Å²) >= 11 is 0. The number of rotatable bonds is 5. The van der Waals surface area contributed by atoms with E-state index >= 15 is 0 Å². The zero-order chi connectivity index (χ0) is 32.4. The minimum atomic E-state index is 0.302. The minimum absolute atomic E-state index is 0.302. The molecule has 47 heavy (non-hydrogen) atoms. The summed E-state index contributed by atoms with van der Waals surface area (Å²) < 4.78 is 0. The Bertz CT molecular complexity index is 2220. The Morgan fingerprint density at radius 2 is 1.32 bits per heavy atom.